The molecule has 1 rings (SSSR count). The van der Waals surface area contributed by atoms with Crippen molar-refractivity contribution < 1.29 is 13.2 Å². The second kappa shape index (κ2) is 7.74. The van der Waals surface area contributed by atoms with Crippen LogP contribution >= 0.6 is 11.6 Å². The number of hydrogen-bond acceptors (Lipinski definition) is 2. The Labute approximate surface area is 122 Å². The molecule has 0 aliphatic heterocycles. The van der Waals surface area contributed by atoms with Crippen LogP contribution < -0.4 is 10.2 Å². The van der Waals surface area contributed by atoms with Gasteiger partial charge >= 0.3 is 6.18 Å². The summed E-state index contributed by atoms with van der Waals surface area (Å²) in [7, 11) is 0. The van der Waals surface area contributed by atoms with Crippen molar-refractivity contribution in [1.82, 2.24) is 5.32 Å². The third-order valence-electron chi connectivity index (χ3n) is 2.85. The lowest BCUT2D eigenvalue weighted by molar-refractivity contribution is -0.119. The summed E-state index contributed by atoms with van der Waals surface area (Å²) in [4.78, 5) is 1.35. The summed E-state index contributed by atoms with van der Waals surface area (Å²) in [6.45, 7) is 4.38. The van der Waals surface area contributed by atoms with Crippen LogP contribution in [-0.2, 0) is 6.54 Å². The van der Waals surface area contributed by atoms with Gasteiger partial charge in [0.15, 0.2) is 0 Å². The highest BCUT2D eigenvalue weighted by Gasteiger charge is 2.31. The van der Waals surface area contributed by atoms with E-state index >= 15 is 0 Å². The average Bonchev–Trinajstić information content (AvgIpc) is 2.35. The van der Waals surface area contributed by atoms with Crippen molar-refractivity contribution in [2.75, 3.05) is 24.5 Å². The van der Waals surface area contributed by atoms with Gasteiger partial charge in [-0.3, -0.25) is 0 Å². The van der Waals surface area contributed by atoms with Crippen LogP contribution in [0.25, 0.3) is 0 Å². The van der Waals surface area contributed by atoms with Crippen molar-refractivity contribution in [2.24, 2.45) is 0 Å². The van der Waals surface area contributed by atoms with Crippen molar-refractivity contribution in [3.8, 4) is 0 Å². The van der Waals surface area contributed by atoms with Crippen molar-refractivity contribution in [1.29, 1.82) is 0 Å². The molecule has 20 heavy (non-hydrogen) atoms. The maximum Gasteiger partial charge on any atom is 0.405 e. The molecule has 0 heterocycles. The van der Waals surface area contributed by atoms with Gasteiger partial charge in [-0.05, 0) is 25.1 Å². The Kier molecular flexibility index (Phi) is 6.62. The summed E-state index contributed by atoms with van der Waals surface area (Å²) in [6.07, 6.45) is -3.59. The maximum absolute atomic E-state index is 12.7. The van der Waals surface area contributed by atoms with E-state index in [1.54, 1.807) is 18.2 Å². The van der Waals surface area contributed by atoms with Gasteiger partial charge in [0.25, 0.3) is 0 Å². The van der Waals surface area contributed by atoms with Crippen LogP contribution in [-0.4, -0.2) is 25.8 Å². The molecule has 0 bridgehead atoms. The highest BCUT2D eigenvalue weighted by molar-refractivity contribution is 6.31. The lowest BCUT2D eigenvalue weighted by Crippen LogP contribution is -2.35. The van der Waals surface area contributed by atoms with Crippen molar-refractivity contribution >= 4 is 17.3 Å². The van der Waals surface area contributed by atoms with E-state index in [0.717, 1.165) is 6.54 Å². The Morgan fingerprint density at radius 3 is 2.50 bits per heavy atom. The van der Waals surface area contributed by atoms with E-state index in [2.05, 4.69) is 5.32 Å². The van der Waals surface area contributed by atoms with Gasteiger partial charge < -0.3 is 10.2 Å². The SMILES string of the molecule is CCCN(CC(F)(F)F)c1cccc(Cl)c1CNCC. The van der Waals surface area contributed by atoms with E-state index in [-0.39, 0.29) is 0 Å². The molecule has 0 aliphatic carbocycles. The molecule has 1 N–H and O–H groups in total. The van der Waals surface area contributed by atoms with Gasteiger partial charge in [0.05, 0.1) is 0 Å². The number of nitrogens with zero attached hydrogens (tertiary/aromatic N) is 1. The van der Waals surface area contributed by atoms with Crippen LogP contribution in [0, 0.1) is 0 Å². The highest BCUT2D eigenvalue weighted by Crippen LogP contribution is 2.30. The molecule has 114 valence electrons. The summed E-state index contributed by atoms with van der Waals surface area (Å²) >= 11 is 6.13. The van der Waals surface area contributed by atoms with E-state index in [1.165, 1.54) is 4.90 Å². The largest absolute Gasteiger partial charge is 0.405 e. The number of rotatable bonds is 7. The smallest absolute Gasteiger partial charge is 0.362 e. The molecule has 6 heteroatoms. The number of halogens is 4. The molecule has 0 atom stereocenters. The Balaban J connectivity index is 3.08. The minimum atomic E-state index is -4.23. The molecule has 0 aromatic heterocycles. The standard InChI is InChI=1S/C14H20ClF3N2/c1-3-8-20(10-14(16,17)18)13-7-5-6-12(15)11(13)9-19-4-2/h5-7,19H,3-4,8-10H2,1-2H3. The third kappa shape index (κ3) is 5.21. The Bertz CT molecular complexity index is 421. The number of alkyl halides is 3. The monoisotopic (exact) mass is 308 g/mol. The zero-order valence-corrected chi connectivity index (χ0v) is 12.5. The number of nitrogens with one attached hydrogen (secondary N) is 1. The first-order valence-corrected chi connectivity index (χ1v) is 7.06. The number of hydrogen-bond donors (Lipinski definition) is 1. The number of benzene rings is 1. The number of anilines is 1. The minimum absolute atomic E-state index is 0.346. The van der Waals surface area contributed by atoms with Crippen LogP contribution in [0.1, 0.15) is 25.8 Å². The summed E-state index contributed by atoms with van der Waals surface area (Å²) in [5, 5.41) is 3.61. The Hall–Kier alpha value is -0.940. The molecule has 0 saturated carbocycles. The molecular weight excluding hydrogens is 289 g/mol. The zero-order valence-electron chi connectivity index (χ0n) is 11.7. The van der Waals surface area contributed by atoms with Gasteiger partial charge in [0.2, 0.25) is 0 Å². The molecule has 2 nitrogen and oxygen atoms in total. The molecule has 0 unspecified atom stereocenters. The topological polar surface area (TPSA) is 15.3 Å². The first kappa shape index (κ1) is 17.1. The molecule has 0 radical (unpaired) electrons. The zero-order chi connectivity index (χ0) is 15.2. The molecular formula is C14H20ClF3N2. The van der Waals surface area contributed by atoms with Gasteiger partial charge in [-0.25, -0.2) is 0 Å². The second-order valence-corrected chi connectivity index (χ2v) is 4.96. The predicted octanol–water partition coefficient (Wildman–Crippen LogP) is 4.23. The van der Waals surface area contributed by atoms with Gasteiger partial charge in [-0.15, -0.1) is 0 Å². The fraction of sp³-hybridized carbons (Fsp3) is 0.571. The first-order valence-electron chi connectivity index (χ1n) is 6.68. The van der Waals surface area contributed by atoms with E-state index < -0.39 is 12.7 Å². The maximum atomic E-state index is 12.7. The van der Waals surface area contributed by atoms with E-state index in [1.807, 2.05) is 13.8 Å². The van der Waals surface area contributed by atoms with Crippen molar-refractivity contribution in [3.05, 3.63) is 28.8 Å². The average molecular weight is 309 g/mol. The molecule has 1 aromatic rings. The fourth-order valence-electron chi connectivity index (χ4n) is 2.04. The van der Waals surface area contributed by atoms with E-state index in [9.17, 15) is 13.2 Å². The van der Waals surface area contributed by atoms with Gasteiger partial charge in [-0.2, -0.15) is 13.2 Å². The molecule has 0 aliphatic rings. The van der Waals surface area contributed by atoms with E-state index in [0.29, 0.717) is 35.8 Å². The van der Waals surface area contributed by atoms with Crippen molar-refractivity contribution in [3.63, 3.8) is 0 Å². The molecule has 0 fully saturated rings. The van der Waals surface area contributed by atoms with Crippen LogP contribution in [0.15, 0.2) is 18.2 Å². The highest BCUT2D eigenvalue weighted by atomic mass is 35.5. The van der Waals surface area contributed by atoms with Crippen LogP contribution in [0.2, 0.25) is 5.02 Å². The van der Waals surface area contributed by atoms with Gasteiger partial charge in [-0.1, -0.05) is 31.5 Å². The minimum Gasteiger partial charge on any atom is -0.362 e. The molecule has 0 spiro atoms. The van der Waals surface area contributed by atoms with Crippen LogP contribution in [0.4, 0.5) is 18.9 Å². The normalized spacial score (nSPS) is 11.7. The Morgan fingerprint density at radius 2 is 1.95 bits per heavy atom. The fourth-order valence-corrected chi connectivity index (χ4v) is 2.28. The summed E-state index contributed by atoms with van der Waals surface area (Å²) in [5.41, 5.74) is 1.27. The van der Waals surface area contributed by atoms with E-state index in [4.69, 9.17) is 11.6 Å². The van der Waals surface area contributed by atoms with Gasteiger partial charge in [0, 0.05) is 29.4 Å². The predicted molar refractivity (Wildman–Crippen MR) is 77.4 cm³/mol. The molecule has 0 saturated heterocycles. The van der Waals surface area contributed by atoms with Crippen molar-refractivity contribution in [2.45, 2.75) is 33.0 Å². The quantitative estimate of drug-likeness (QED) is 0.811. The lowest BCUT2D eigenvalue weighted by Gasteiger charge is -2.28. The lowest BCUT2D eigenvalue weighted by atomic mass is 10.1. The second-order valence-electron chi connectivity index (χ2n) is 4.55. The van der Waals surface area contributed by atoms with Crippen LogP contribution in [0.5, 0.6) is 0 Å². The Morgan fingerprint density at radius 1 is 1.25 bits per heavy atom. The van der Waals surface area contributed by atoms with Crippen LogP contribution in [0.3, 0.4) is 0 Å². The molecule has 1 aromatic carbocycles. The summed E-state index contributed by atoms with van der Waals surface area (Å²) < 4.78 is 38.1. The third-order valence-corrected chi connectivity index (χ3v) is 3.20. The first-order chi connectivity index (χ1) is 9.39. The molecule has 0 amide bonds. The summed E-state index contributed by atoms with van der Waals surface area (Å²) in [6, 6.07) is 5.08. The van der Waals surface area contributed by atoms with Gasteiger partial charge in [0.1, 0.15) is 6.54 Å². The summed E-state index contributed by atoms with van der Waals surface area (Å²) in [5.74, 6) is 0.